The second-order valence-corrected chi connectivity index (χ2v) is 1.98. The van der Waals surface area contributed by atoms with Crippen LogP contribution in [0.2, 0.25) is 0 Å². The summed E-state index contributed by atoms with van der Waals surface area (Å²) in [7, 11) is 0. The number of rotatable bonds is 2. The second-order valence-electron chi connectivity index (χ2n) is 1.98. The highest BCUT2D eigenvalue weighted by atomic mass is 35.5. The van der Waals surface area contributed by atoms with Crippen LogP contribution >= 0.6 is 12.4 Å². The number of carbonyl (C=O) groups is 1. The van der Waals surface area contributed by atoms with E-state index in [-0.39, 0.29) is 12.4 Å². The van der Waals surface area contributed by atoms with Crippen molar-refractivity contribution in [1.29, 1.82) is 5.41 Å². The largest absolute Gasteiger partial charge is 0.381 e. The van der Waals surface area contributed by atoms with Gasteiger partial charge in [0.15, 0.2) is 5.84 Å². The molecule has 3 N–H and O–H groups in total. The number of nitrogens with one attached hydrogen (secondary N) is 1. The van der Waals surface area contributed by atoms with Gasteiger partial charge in [-0.3, -0.25) is 15.2 Å². The van der Waals surface area contributed by atoms with Gasteiger partial charge in [0.25, 0.3) is 0 Å². The maximum absolute atomic E-state index is 11.0. The number of halogens is 1. The number of carbonyl (C=O) groups excluding carboxylic acids is 1. The molecule has 0 fully saturated rings. The molecular formula is C7H8ClN3O. The maximum atomic E-state index is 11.0. The smallest absolute Gasteiger partial charge is 0.228 e. The lowest BCUT2D eigenvalue weighted by molar-refractivity contribution is 0.106. The molecule has 0 saturated carbocycles. The molecule has 0 bridgehead atoms. The Kier molecular flexibility index (Phi) is 3.93. The summed E-state index contributed by atoms with van der Waals surface area (Å²) in [6, 6.07) is 3.19. The molecule has 0 unspecified atom stereocenters. The zero-order valence-corrected chi connectivity index (χ0v) is 6.97. The van der Waals surface area contributed by atoms with Crippen LogP contribution in [0.5, 0.6) is 0 Å². The molecule has 0 aliphatic rings. The first kappa shape index (κ1) is 10.6. The lowest BCUT2D eigenvalue weighted by atomic mass is 10.2. The molecule has 0 radical (unpaired) electrons. The Balaban J connectivity index is 0.00000121. The Morgan fingerprint density at radius 3 is 2.67 bits per heavy atom. The van der Waals surface area contributed by atoms with E-state index >= 15 is 0 Å². The van der Waals surface area contributed by atoms with Crippen LogP contribution in [0.15, 0.2) is 24.5 Å². The first-order chi connectivity index (χ1) is 5.22. The Morgan fingerprint density at radius 2 is 2.25 bits per heavy atom. The minimum absolute atomic E-state index is 0. The van der Waals surface area contributed by atoms with Gasteiger partial charge in [-0.25, -0.2) is 0 Å². The Hall–Kier alpha value is -1.42. The molecule has 1 aromatic rings. The summed E-state index contributed by atoms with van der Waals surface area (Å²) in [4.78, 5) is 14.7. The van der Waals surface area contributed by atoms with Gasteiger partial charge in [-0.15, -0.1) is 12.4 Å². The van der Waals surface area contributed by atoms with Gasteiger partial charge in [0.2, 0.25) is 5.78 Å². The zero-order chi connectivity index (χ0) is 8.27. The van der Waals surface area contributed by atoms with Gasteiger partial charge in [-0.1, -0.05) is 0 Å². The highest BCUT2D eigenvalue weighted by Gasteiger charge is 2.06. The molecule has 1 heterocycles. The van der Waals surface area contributed by atoms with Gasteiger partial charge in [0, 0.05) is 18.0 Å². The summed E-state index contributed by atoms with van der Waals surface area (Å²) in [5, 5.41) is 6.84. The minimum Gasteiger partial charge on any atom is -0.381 e. The van der Waals surface area contributed by atoms with Crippen LogP contribution in [0.3, 0.4) is 0 Å². The number of amidine groups is 1. The third kappa shape index (κ3) is 2.32. The van der Waals surface area contributed by atoms with E-state index < -0.39 is 11.6 Å². The van der Waals surface area contributed by atoms with Crippen molar-refractivity contribution < 1.29 is 4.79 Å². The molecule has 0 aliphatic heterocycles. The highest BCUT2D eigenvalue weighted by molar-refractivity contribution is 6.43. The number of hydrogen-bond acceptors (Lipinski definition) is 3. The van der Waals surface area contributed by atoms with E-state index in [1.165, 1.54) is 6.20 Å². The molecule has 0 aromatic carbocycles. The van der Waals surface area contributed by atoms with E-state index in [0.29, 0.717) is 5.56 Å². The fourth-order valence-corrected chi connectivity index (χ4v) is 0.653. The number of pyridine rings is 1. The maximum Gasteiger partial charge on any atom is 0.228 e. The molecule has 64 valence electrons. The van der Waals surface area contributed by atoms with Crippen LogP contribution in [0.4, 0.5) is 0 Å². The third-order valence-corrected chi connectivity index (χ3v) is 1.17. The molecule has 0 saturated heterocycles. The molecule has 1 rings (SSSR count). The predicted octanol–water partition coefficient (Wildman–Crippen LogP) is 0.622. The number of nitrogens with two attached hydrogens (primary N) is 1. The van der Waals surface area contributed by atoms with Gasteiger partial charge < -0.3 is 5.73 Å². The Labute approximate surface area is 75.7 Å². The van der Waals surface area contributed by atoms with Crippen LogP contribution in [-0.2, 0) is 0 Å². The van der Waals surface area contributed by atoms with E-state index in [1.807, 2.05) is 0 Å². The van der Waals surface area contributed by atoms with Crippen molar-refractivity contribution in [2.45, 2.75) is 0 Å². The molecule has 0 spiro atoms. The predicted molar refractivity (Wildman–Crippen MR) is 47.7 cm³/mol. The van der Waals surface area contributed by atoms with Crippen LogP contribution in [0, 0.1) is 5.41 Å². The topological polar surface area (TPSA) is 79.8 Å². The van der Waals surface area contributed by atoms with Crippen molar-refractivity contribution in [2.75, 3.05) is 0 Å². The molecule has 0 amide bonds. The van der Waals surface area contributed by atoms with Crippen molar-refractivity contribution in [2.24, 2.45) is 5.73 Å². The standard InChI is InChI=1S/C7H7N3O.ClH/c8-7(9)6(11)5-2-1-3-10-4-5;/h1-4H,(H3,8,9);1H. The highest BCUT2D eigenvalue weighted by Crippen LogP contribution is 1.95. The van der Waals surface area contributed by atoms with Gasteiger partial charge in [0.05, 0.1) is 0 Å². The quantitative estimate of drug-likeness (QED) is 0.403. The summed E-state index contributed by atoms with van der Waals surface area (Å²) in [6.07, 6.45) is 2.93. The molecule has 0 atom stereocenters. The fraction of sp³-hybridized carbons (Fsp3) is 0. The van der Waals surface area contributed by atoms with Gasteiger partial charge in [-0.2, -0.15) is 0 Å². The summed E-state index contributed by atoms with van der Waals surface area (Å²) in [5.74, 6) is -0.948. The summed E-state index contributed by atoms with van der Waals surface area (Å²) >= 11 is 0. The monoisotopic (exact) mass is 185 g/mol. The van der Waals surface area contributed by atoms with Gasteiger partial charge in [0.1, 0.15) is 0 Å². The lowest BCUT2D eigenvalue weighted by Gasteiger charge is -1.94. The number of Topliss-reactive ketones (excluding diaryl/α,β-unsaturated/α-hetero) is 1. The Morgan fingerprint density at radius 1 is 1.58 bits per heavy atom. The summed E-state index contributed by atoms with van der Waals surface area (Å²) < 4.78 is 0. The first-order valence-corrected chi connectivity index (χ1v) is 3.00. The van der Waals surface area contributed by atoms with Crippen molar-refractivity contribution in [3.05, 3.63) is 30.1 Å². The molecule has 12 heavy (non-hydrogen) atoms. The Bertz CT molecular complexity index is 286. The third-order valence-electron chi connectivity index (χ3n) is 1.17. The first-order valence-electron chi connectivity index (χ1n) is 3.00. The van der Waals surface area contributed by atoms with E-state index in [4.69, 9.17) is 11.1 Å². The normalized spacial score (nSPS) is 8.33. The lowest BCUT2D eigenvalue weighted by Crippen LogP contribution is -2.22. The van der Waals surface area contributed by atoms with Crippen LogP contribution in [0.25, 0.3) is 0 Å². The molecular weight excluding hydrogens is 178 g/mol. The molecule has 5 heteroatoms. The number of hydrogen-bond donors (Lipinski definition) is 2. The van der Waals surface area contributed by atoms with E-state index in [0.717, 1.165) is 0 Å². The van der Waals surface area contributed by atoms with Gasteiger partial charge in [-0.05, 0) is 12.1 Å². The van der Waals surface area contributed by atoms with Crippen LogP contribution in [-0.4, -0.2) is 16.6 Å². The summed E-state index contributed by atoms with van der Waals surface area (Å²) in [5.41, 5.74) is 5.32. The SMILES string of the molecule is Cl.N=C(N)C(=O)c1cccnc1. The number of aromatic nitrogens is 1. The van der Waals surface area contributed by atoms with E-state index in [9.17, 15) is 4.79 Å². The van der Waals surface area contributed by atoms with Crippen molar-refractivity contribution in [3.63, 3.8) is 0 Å². The molecule has 1 aromatic heterocycles. The van der Waals surface area contributed by atoms with Crippen LogP contribution in [0.1, 0.15) is 10.4 Å². The minimum atomic E-state index is -0.488. The van der Waals surface area contributed by atoms with Gasteiger partial charge >= 0.3 is 0 Å². The van der Waals surface area contributed by atoms with E-state index in [1.54, 1.807) is 18.3 Å². The second kappa shape index (κ2) is 4.46. The van der Waals surface area contributed by atoms with E-state index in [2.05, 4.69) is 4.98 Å². The number of nitrogens with zero attached hydrogens (tertiary/aromatic N) is 1. The van der Waals surface area contributed by atoms with Crippen molar-refractivity contribution >= 4 is 24.0 Å². The van der Waals surface area contributed by atoms with Crippen molar-refractivity contribution in [1.82, 2.24) is 4.98 Å². The number of ketones is 1. The molecule has 0 aliphatic carbocycles. The summed E-state index contributed by atoms with van der Waals surface area (Å²) in [6.45, 7) is 0. The zero-order valence-electron chi connectivity index (χ0n) is 6.15. The van der Waals surface area contributed by atoms with Crippen molar-refractivity contribution in [3.8, 4) is 0 Å². The van der Waals surface area contributed by atoms with Crippen LogP contribution < -0.4 is 5.73 Å². The fourth-order valence-electron chi connectivity index (χ4n) is 0.653. The molecule has 4 nitrogen and oxygen atoms in total. The average molecular weight is 186 g/mol. The average Bonchev–Trinajstić information content (AvgIpc) is 2.05.